The van der Waals surface area contributed by atoms with E-state index in [1.54, 1.807) is 31.1 Å². The van der Waals surface area contributed by atoms with E-state index < -0.39 is 10.0 Å². The maximum atomic E-state index is 13.0. The first-order valence-electron chi connectivity index (χ1n) is 10.2. The summed E-state index contributed by atoms with van der Waals surface area (Å²) >= 11 is 0. The Bertz CT molecular complexity index is 1150. The van der Waals surface area contributed by atoms with Crippen molar-refractivity contribution in [2.45, 2.75) is 4.90 Å². The molecule has 0 saturated carbocycles. The number of benzene rings is 2. The van der Waals surface area contributed by atoms with E-state index in [1.807, 2.05) is 35.2 Å². The van der Waals surface area contributed by atoms with Crippen molar-refractivity contribution < 1.29 is 17.9 Å². The summed E-state index contributed by atoms with van der Waals surface area (Å²) in [6.45, 7) is 2.60. The van der Waals surface area contributed by atoms with E-state index in [4.69, 9.17) is 9.47 Å². The van der Waals surface area contributed by atoms with Crippen molar-refractivity contribution in [1.29, 1.82) is 0 Å². The number of sulfonamides is 1. The highest BCUT2D eigenvalue weighted by Crippen LogP contribution is 2.28. The molecule has 0 radical (unpaired) electrons. The van der Waals surface area contributed by atoms with Gasteiger partial charge in [-0.15, -0.1) is 0 Å². The maximum absolute atomic E-state index is 13.0. The predicted molar refractivity (Wildman–Crippen MR) is 123 cm³/mol. The lowest BCUT2D eigenvalue weighted by atomic mass is 10.3. The van der Waals surface area contributed by atoms with Gasteiger partial charge in [-0.1, -0.05) is 18.2 Å². The molecule has 1 aliphatic rings. The number of anilines is 3. The van der Waals surface area contributed by atoms with E-state index in [9.17, 15) is 8.42 Å². The minimum Gasteiger partial charge on any atom is -0.457 e. The van der Waals surface area contributed by atoms with Crippen LogP contribution in [-0.2, 0) is 14.8 Å². The highest BCUT2D eigenvalue weighted by atomic mass is 32.2. The Morgan fingerprint density at radius 2 is 1.66 bits per heavy atom. The van der Waals surface area contributed by atoms with Crippen molar-refractivity contribution in [2.24, 2.45) is 0 Å². The lowest BCUT2D eigenvalue weighted by Crippen LogP contribution is -2.37. The second-order valence-corrected chi connectivity index (χ2v) is 9.08. The number of morpholine rings is 1. The standard InChI is InChI=1S/C22H25N5O4S/c1-26(2)21-20(16-23-22(24-21)27-12-14-30-15-13-27)25-32(28,29)19-10-8-18(9-11-19)31-17-6-4-3-5-7-17/h3-11,16,25H,12-15H2,1-2H3. The third kappa shape index (κ3) is 5.09. The molecule has 1 fully saturated rings. The van der Waals surface area contributed by atoms with E-state index >= 15 is 0 Å². The van der Waals surface area contributed by atoms with Gasteiger partial charge in [0.25, 0.3) is 10.0 Å². The average Bonchev–Trinajstić information content (AvgIpc) is 2.80. The summed E-state index contributed by atoms with van der Waals surface area (Å²) in [5, 5.41) is 0. The van der Waals surface area contributed by atoms with Gasteiger partial charge in [-0.3, -0.25) is 4.72 Å². The largest absolute Gasteiger partial charge is 0.457 e. The van der Waals surface area contributed by atoms with Crippen LogP contribution in [0.1, 0.15) is 0 Å². The van der Waals surface area contributed by atoms with Crippen LogP contribution < -0.4 is 19.3 Å². The first-order valence-corrected chi connectivity index (χ1v) is 11.6. The molecular formula is C22H25N5O4S. The van der Waals surface area contributed by atoms with E-state index in [1.165, 1.54) is 18.3 Å². The van der Waals surface area contributed by atoms with Gasteiger partial charge in [0, 0.05) is 27.2 Å². The molecule has 0 bridgehead atoms. The molecule has 1 N–H and O–H groups in total. The van der Waals surface area contributed by atoms with Gasteiger partial charge in [-0.2, -0.15) is 4.98 Å². The van der Waals surface area contributed by atoms with Gasteiger partial charge in [-0.25, -0.2) is 13.4 Å². The Morgan fingerprint density at radius 3 is 2.31 bits per heavy atom. The number of hydrogen-bond acceptors (Lipinski definition) is 8. The summed E-state index contributed by atoms with van der Waals surface area (Å²) in [5.74, 6) is 2.24. The molecule has 10 heteroatoms. The number of ether oxygens (including phenoxy) is 2. The Kier molecular flexibility index (Phi) is 6.42. The molecule has 4 rings (SSSR count). The van der Waals surface area contributed by atoms with E-state index in [0.29, 0.717) is 55.3 Å². The molecule has 0 aliphatic carbocycles. The van der Waals surface area contributed by atoms with Gasteiger partial charge in [0.2, 0.25) is 5.95 Å². The molecule has 168 valence electrons. The summed E-state index contributed by atoms with van der Waals surface area (Å²) in [7, 11) is -0.233. The number of rotatable bonds is 7. The van der Waals surface area contributed by atoms with Gasteiger partial charge in [0.15, 0.2) is 5.82 Å². The number of para-hydroxylation sites is 1. The van der Waals surface area contributed by atoms with Gasteiger partial charge >= 0.3 is 0 Å². The van der Waals surface area contributed by atoms with Gasteiger partial charge in [0.1, 0.15) is 17.2 Å². The van der Waals surface area contributed by atoms with Crippen LogP contribution in [0.5, 0.6) is 11.5 Å². The van der Waals surface area contributed by atoms with Gasteiger partial charge < -0.3 is 19.3 Å². The van der Waals surface area contributed by atoms with E-state index in [2.05, 4.69) is 14.7 Å². The smallest absolute Gasteiger partial charge is 0.262 e. The predicted octanol–water partition coefficient (Wildman–Crippen LogP) is 2.97. The molecule has 1 aromatic heterocycles. The molecule has 9 nitrogen and oxygen atoms in total. The molecule has 0 spiro atoms. The maximum Gasteiger partial charge on any atom is 0.262 e. The molecule has 0 amide bonds. The van der Waals surface area contributed by atoms with Crippen LogP contribution in [0.25, 0.3) is 0 Å². The number of nitrogens with zero attached hydrogens (tertiary/aromatic N) is 4. The van der Waals surface area contributed by atoms with Crippen LogP contribution in [0, 0.1) is 0 Å². The summed E-state index contributed by atoms with van der Waals surface area (Å²) in [6.07, 6.45) is 1.50. The monoisotopic (exact) mass is 455 g/mol. The zero-order valence-electron chi connectivity index (χ0n) is 17.9. The molecule has 3 aromatic rings. The third-order valence-corrected chi connectivity index (χ3v) is 6.21. The molecule has 0 unspecified atom stereocenters. The van der Waals surface area contributed by atoms with E-state index in [0.717, 1.165) is 0 Å². The third-order valence-electron chi connectivity index (χ3n) is 4.83. The normalized spacial score (nSPS) is 14.1. The van der Waals surface area contributed by atoms with Crippen LogP contribution in [0.2, 0.25) is 0 Å². The lowest BCUT2D eigenvalue weighted by Gasteiger charge is -2.28. The lowest BCUT2D eigenvalue weighted by molar-refractivity contribution is 0.122. The first-order chi connectivity index (χ1) is 15.4. The first kappa shape index (κ1) is 21.8. The summed E-state index contributed by atoms with van der Waals surface area (Å²) in [6, 6.07) is 15.5. The molecule has 32 heavy (non-hydrogen) atoms. The van der Waals surface area contributed by atoms with Gasteiger partial charge in [0.05, 0.1) is 24.3 Å². The van der Waals surface area contributed by atoms with E-state index in [-0.39, 0.29) is 4.90 Å². The van der Waals surface area contributed by atoms with Crippen molar-refractivity contribution in [3.63, 3.8) is 0 Å². The topological polar surface area (TPSA) is 96.9 Å². The fourth-order valence-electron chi connectivity index (χ4n) is 3.21. The molecular weight excluding hydrogens is 430 g/mol. The van der Waals surface area contributed by atoms with Crippen molar-refractivity contribution in [3.8, 4) is 11.5 Å². The Hall–Kier alpha value is -3.37. The highest BCUT2D eigenvalue weighted by Gasteiger charge is 2.21. The minimum absolute atomic E-state index is 0.111. The minimum atomic E-state index is -3.84. The summed E-state index contributed by atoms with van der Waals surface area (Å²) < 4.78 is 39.7. The highest BCUT2D eigenvalue weighted by molar-refractivity contribution is 7.92. The fourth-order valence-corrected chi connectivity index (χ4v) is 4.25. The molecule has 2 aromatic carbocycles. The summed E-state index contributed by atoms with van der Waals surface area (Å²) in [4.78, 5) is 12.8. The van der Waals surface area contributed by atoms with Crippen LogP contribution in [-0.4, -0.2) is 58.8 Å². The Balaban J connectivity index is 1.53. The quantitative estimate of drug-likeness (QED) is 0.581. The second-order valence-electron chi connectivity index (χ2n) is 7.39. The number of hydrogen-bond donors (Lipinski definition) is 1. The van der Waals surface area contributed by atoms with Crippen LogP contribution in [0.3, 0.4) is 0 Å². The molecule has 1 aliphatic heterocycles. The van der Waals surface area contributed by atoms with Crippen LogP contribution >= 0.6 is 0 Å². The zero-order chi connectivity index (χ0) is 22.6. The van der Waals surface area contributed by atoms with Crippen LogP contribution in [0.4, 0.5) is 17.5 Å². The number of aromatic nitrogens is 2. The average molecular weight is 456 g/mol. The second kappa shape index (κ2) is 9.41. The molecule has 0 atom stereocenters. The SMILES string of the molecule is CN(C)c1nc(N2CCOCC2)ncc1NS(=O)(=O)c1ccc(Oc2ccccc2)cc1. The summed E-state index contributed by atoms with van der Waals surface area (Å²) in [5.41, 5.74) is 0.302. The Morgan fingerprint density at radius 1 is 1.00 bits per heavy atom. The van der Waals surface area contributed by atoms with Crippen molar-refractivity contribution in [2.75, 3.05) is 54.9 Å². The number of nitrogens with one attached hydrogen (secondary N) is 1. The van der Waals surface area contributed by atoms with Crippen molar-refractivity contribution in [3.05, 3.63) is 60.8 Å². The van der Waals surface area contributed by atoms with Crippen molar-refractivity contribution >= 4 is 27.5 Å². The van der Waals surface area contributed by atoms with Gasteiger partial charge in [-0.05, 0) is 36.4 Å². The van der Waals surface area contributed by atoms with Crippen LogP contribution in [0.15, 0.2) is 65.7 Å². The fraction of sp³-hybridized carbons (Fsp3) is 0.273. The Labute approximate surface area is 187 Å². The zero-order valence-corrected chi connectivity index (χ0v) is 18.7. The van der Waals surface area contributed by atoms with Crippen molar-refractivity contribution in [1.82, 2.24) is 9.97 Å². The molecule has 1 saturated heterocycles. The molecule has 2 heterocycles.